The summed E-state index contributed by atoms with van der Waals surface area (Å²) in [5, 5.41) is 0. The summed E-state index contributed by atoms with van der Waals surface area (Å²) in [5.74, 6) is 0.581. The third-order valence-electron chi connectivity index (χ3n) is 2.77. The molecule has 2 N–H and O–H groups in total. The molecular weight excluding hydrogens is 224 g/mol. The molecule has 0 unspecified atom stereocenters. The first-order valence-electron chi connectivity index (χ1n) is 6.60. The average Bonchev–Trinajstić information content (AvgIpc) is 2.33. The second kappa shape index (κ2) is 7.17. The Labute approximate surface area is 110 Å². The van der Waals surface area contributed by atoms with E-state index in [2.05, 4.69) is 13.8 Å². The first kappa shape index (κ1) is 14.7. The van der Waals surface area contributed by atoms with Gasteiger partial charge in [-0.25, -0.2) is 0 Å². The highest BCUT2D eigenvalue weighted by Crippen LogP contribution is 2.10. The van der Waals surface area contributed by atoms with E-state index in [1.165, 1.54) is 0 Å². The van der Waals surface area contributed by atoms with Gasteiger partial charge in [-0.15, -0.1) is 0 Å². The number of benzene rings is 1. The summed E-state index contributed by atoms with van der Waals surface area (Å²) in [5.41, 5.74) is 7.42. The molecule has 0 fully saturated rings. The maximum absolute atomic E-state index is 12.4. The van der Waals surface area contributed by atoms with Crippen LogP contribution in [0.4, 0.5) is 0 Å². The molecule has 1 amide bonds. The van der Waals surface area contributed by atoms with Crippen molar-refractivity contribution in [3.8, 4) is 0 Å². The van der Waals surface area contributed by atoms with Crippen molar-refractivity contribution in [1.82, 2.24) is 4.90 Å². The Hall–Kier alpha value is -1.35. The molecule has 0 bridgehead atoms. The molecule has 18 heavy (non-hydrogen) atoms. The highest BCUT2D eigenvalue weighted by molar-refractivity contribution is 5.94. The van der Waals surface area contributed by atoms with Gasteiger partial charge in [-0.05, 0) is 37.9 Å². The van der Waals surface area contributed by atoms with Gasteiger partial charge in [0.2, 0.25) is 0 Å². The van der Waals surface area contributed by atoms with Crippen molar-refractivity contribution in [2.75, 3.05) is 19.6 Å². The van der Waals surface area contributed by atoms with Crippen LogP contribution in [0.3, 0.4) is 0 Å². The summed E-state index contributed by atoms with van der Waals surface area (Å²) in [6.07, 6.45) is 0.851. The molecule has 0 heterocycles. The predicted molar refractivity (Wildman–Crippen MR) is 75.6 cm³/mol. The normalized spacial score (nSPS) is 10.7. The standard InChI is InChI=1S/C15H24N2O/c1-12(2)11-17(9-5-8-16)15(18)14-7-4-6-13(3)10-14/h4,6-7,10,12H,5,8-9,11,16H2,1-3H3. The van der Waals surface area contributed by atoms with Crippen LogP contribution in [0.25, 0.3) is 0 Å². The molecule has 0 aliphatic heterocycles. The molecule has 0 aliphatic rings. The molecule has 1 aromatic carbocycles. The van der Waals surface area contributed by atoms with E-state index in [9.17, 15) is 4.79 Å². The van der Waals surface area contributed by atoms with Crippen molar-refractivity contribution in [2.45, 2.75) is 27.2 Å². The van der Waals surface area contributed by atoms with E-state index in [1.807, 2.05) is 36.1 Å². The third-order valence-corrected chi connectivity index (χ3v) is 2.77. The number of hydrogen-bond acceptors (Lipinski definition) is 2. The molecule has 0 radical (unpaired) electrons. The van der Waals surface area contributed by atoms with Crippen molar-refractivity contribution < 1.29 is 4.79 Å². The smallest absolute Gasteiger partial charge is 0.253 e. The molecule has 0 atom stereocenters. The van der Waals surface area contributed by atoms with Crippen molar-refractivity contribution in [3.63, 3.8) is 0 Å². The largest absolute Gasteiger partial charge is 0.338 e. The molecule has 1 aromatic rings. The number of carbonyl (C=O) groups excluding carboxylic acids is 1. The van der Waals surface area contributed by atoms with E-state index in [0.29, 0.717) is 12.5 Å². The Kier molecular flexibility index (Phi) is 5.86. The second-order valence-corrected chi connectivity index (χ2v) is 5.16. The van der Waals surface area contributed by atoms with Crippen LogP contribution in [0.15, 0.2) is 24.3 Å². The number of nitrogens with zero attached hydrogens (tertiary/aromatic N) is 1. The average molecular weight is 248 g/mol. The van der Waals surface area contributed by atoms with Gasteiger partial charge in [-0.3, -0.25) is 4.79 Å². The second-order valence-electron chi connectivity index (χ2n) is 5.16. The Bertz CT molecular complexity index is 388. The fraction of sp³-hybridized carbons (Fsp3) is 0.533. The first-order chi connectivity index (χ1) is 8.54. The molecule has 0 aliphatic carbocycles. The van der Waals surface area contributed by atoms with Gasteiger partial charge in [-0.1, -0.05) is 31.5 Å². The molecular formula is C15H24N2O. The zero-order valence-electron chi connectivity index (χ0n) is 11.6. The molecule has 0 saturated heterocycles. The Morgan fingerprint density at radius 3 is 2.67 bits per heavy atom. The van der Waals surface area contributed by atoms with Crippen LogP contribution in [0, 0.1) is 12.8 Å². The van der Waals surface area contributed by atoms with Gasteiger partial charge in [0.25, 0.3) is 5.91 Å². The lowest BCUT2D eigenvalue weighted by molar-refractivity contribution is 0.0735. The maximum atomic E-state index is 12.4. The van der Waals surface area contributed by atoms with Crippen LogP contribution in [0.1, 0.15) is 36.2 Å². The van der Waals surface area contributed by atoms with Crippen LogP contribution in [0.5, 0.6) is 0 Å². The van der Waals surface area contributed by atoms with Crippen LogP contribution >= 0.6 is 0 Å². The summed E-state index contributed by atoms with van der Waals surface area (Å²) in [6, 6.07) is 7.76. The summed E-state index contributed by atoms with van der Waals surface area (Å²) in [6.45, 7) is 8.39. The monoisotopic (exact) mass is 248 g/mol. The minimum atomic E-state index is 0.112. The third kappa shape index (κ3) is 4.49. The van der Waals surface area contributed by atoms with E-state index in [0.717, 1.165) is 30.6 Å². The summed E-state index contributed by atoms with van der Waals surface area (Å²) in [4.78, 5) is 14.3. The van der Waals surface area contributed by atoms with Gasteiger partial charge >= 0.3 is 0 Å². The molecule has 3 heteroatoms. The SMILES string of the molecule is Cc1cccc(C(=O)N(CCCN)CC(C)C)c1. The van der Waals surface area contributed by atoms with Gasteiger partial charge in [0, 0.05) is 18.7 Å². The number of carbonyl (C=O) groups is 1. The van der Waals surface area contributed by atoms with E-state index in [4.69, 9.17) is 5.73 Å². The van der Waals surface area contributed by atoms with Gasteiger partial charge in [0.1, 0.15) is 0 Å². The van der Waals surface area contributed by atoms with E-state index in [1.54, 1.807) is 0 Å². The number of nitrogens with two attached hydrogens (primary N) is 1. The predicted octanol–water partition coefficient (Wildman–Crippen LogP) is 2.44. The fourth-order valence-corrected chi connectivity index (χ4v) is 1.96. The lowest BCUT2D eigenvalue weighted by atomic mass is 10.1. The van der Waals surface area contributed by atoms with Gasteiger partial charge in [0.05, 0.1) is 0 Å². The van der Waals surface area contributed by atoms with Crippen molar-refractivity contribution in [3.05, 3.63) is 35.4 Å². The minimum Gasteiger partial charge on any atom is -0.338 e. The topological polar surface area (TPSA) is 46.3 Å². The zero-order chi connectivity index (χ0) is 13.5. The zero-order valence-corrected chi connectivity index (χ0v) is 11.6. The number of aryl methyl sites for hydroxylation is 1. The molecule has 0 aromatic heterocycles. The molecule has 3 nitrogen and oxygen atoms in total. The van der Waals surface area contributed by atoms with Crippen molar-refractivity contribution in [2.24, 2.45) is 11.7 Å². The number of hydrogen-bond donors (Lipinski definition) is 1. The molecule has 0 saturated carbocycles. The van der Waals surface area contributed by atoms with E-state index < -0.39 is 0 Å². The van der Waals surface area contributed by atoms with Crippen LogP contribution < -0.4 is 5.73 Å². The lowest BCUT2D eigenvalue weighted by Crippen LogP contribution is -2.35. The molecule has 1 rings (SSSR count). The van der Waals surface area contributed by atoms with Gasteiger partial charge in [-0.2, -0.15) is 0 Å². The first-order valence-corrected chi connectivity index (χ1v) is 6.60. The van der Waals surface area contributed by atoms with E-state index in [-0.39, 0.29) is 5.91 Å². The Morgan fingerprint density at radius 2 is 2.11 bits per heavy atom. The Balaban J connectivity index is 2.80. The quantitative estimate of drug-likeness (QED) is 0.840. The van der Waals surface area contributed by atoms with Gasteiger partial charge in [0.15, 0.2) is 0 Å². The number of amides is 1. The van der Waals surface area contributed by atoms with Crippen molar-refractivity contribution >= 4 is 5.91 Å². The highest BCUT2D eigenvalue weighted by atomic mass is 16.2. The minimum absolute atomic E-state index is 0.112. The molecule has 0 spiro atoms. The van der Waals surface area contributed by atoms with Crippen LogP contribution in [-0.2, 0) is 0 Å². The van der Waals surface area contributed by atoms with E-state index >= 15 is 0 Å². The summed E-state index contributed by atoms with van der Waals surface area (Å²) in [7, 11) is 0. The lowest BCUT2D eigenvalue weighted by Gasteiger charge is -2.24. The molecule has 100 valence electrons. The van der Waals surface area contributed by atoms with Gasteiger partial charge < -0.3 is 10.6 Å². The highest BCUT2D eigenvalue weighted by Gasteiger charge is 2.16. The van der Waals surface area contributed by atoms with Crippen LogP contribution in [-0.4, -0.2) is 30.4 Å². The Morgan fingerprint density at radius 1 is 1.39 bits per heavy atom. The fourth-order valence-electron chi connectivity index (χ4n) is 1.96. The van der Waals surface area contributed by atoms with Crippen molar-refractivity contribution in [1.29, 1.82) is 0 Å². The summed E-state index contributed by atoms with van der Waals surface area (Å²) < 4.78 is 0. The number of rotatable bonds is 6. The summed E-state index contributed by atoms with van der Waals surface area (Å²) >= 11 is 0. The maximum Gasteiger partial charge on any atom is 0.253 e. The van der Waals surface area contributed by atoms with Crippen LogP contribution in [0.2, 0.25) is 0 Å².